The fourth-order valence-corrected chi connectivity index (χ4v) is 2.39. The summed E-state index contributed by atoms with van der Waals surface area (Å²) in [4.78, 5) is 11.9. The zero-order valence-corrected chi connectivity index (χ0v) is 13.2. The van der Waals surface area contributed by atoms with E-state index < -0.39 is 5.54 Å². The van der Waals surface area contributed by atoms with Crippen molar-refractivity contribution in [1.82, 2.24) is 5.32 Å². The maximum Gasteiger partial charge on any atom is 0.319 e. The third kappa shape index (κ3) is 6.30. The Morgan fingerprint density at radius 1 is 1.40 bits per heavy atom. The van der Waals surface area contributed by atoms with Crippen LogP contribution in [-0.2, 0) is 5.75 Å². The molecule has 0 saturated carbocycles. The lowest BCUT2D eigenvalue weighted by molar-refractivity contribution is 0.218. The number of amides is 2. The van der Waals surface area contributed by atoms with Crippen molar-refractivity contribution in [3.8, 4) is 0 Å². The van der Waals surface area contributed by atoms with Crippen LogP contribution in [0.5, 0.6) is 0 Å². The molecule has 0 aliphatic rings. The first-order valence-electron chi connectivity index (χ1n) is 6.83. The molecule has 0 unspecified atom stereocenters. The van der Waals surface area contributed by atoms with Crippen molar-refractivity contribution in [2.75, 3.05) is 17.7 Å². The second-order valence-corrected chi connectivity index (χ2v) is 6.55. The van der Waals surface area contributed by atoms with E-state index in [0.717, 1.165) is 17.2 Å². The number of urea groups is 1. The Morgan fingerprint density at radius 3 is 2.80 bits per heavy atom. The van der Waals surface area contributed by atoms with Crippen molar-refractivity contribution in [2.24, 2.45) is 0 Å². The number of benzene rings is 1. The van der Waals surface area contributed by atoms with Gasteiger partial charge in [0.1, 0.15) is 0 Å². The first-order valence-corrected chi connectivity index (χ1v) is 7.99. The molecule has 0 fully saturated rings. The lowest BCUT2D eigenvalue weighted by Gasteiger charge is -2.25. The molecule has 0 atom stereocenters. The molecule has 2 amide bonds. The smallest absolute Gasteiger partial charge is 0.319 e. The highest BCUT2D eigenvalue weighted by molar-refractivity contribution is 7.98. The number of carbonyl (C=O) groups is 1. The van der Waals surface area contributed by atoms with E-state index in [9.17, 15) is 4.79 Å². The van der Waals surface area contributed by atoms with Crippen molar-refractivity contribution in [3.63, 3.8) is 0 Å². The van der Waals surface area contributed by atoms with Crippen molar-refractivity contribution in [3.05, 3.63) is 29.8 Å². The maximum absolute atomic E-state index is 11.9. The van der Waals surface area contributed by atoms with Gasteiger partial charge in [0.25, 0.3) is 0 Å². The van der Waals surface area contributed by atoms with Crippen LogP contribution < -0.4 is 10.6 Å². The zero-order valence-electron chi connectivity index (χ0n) is 12.4. The Kier molecular flexibility index (Phi) is 6.88. The normalized spacial score (nSPS) is 11.2. The summed E-state index contributed by atoms with van der Waals surface area (Å²) in [6.07, 6.45) is 0.521. The topological polar surface area (TPSA) is 61.4 Å². The fourth-order valence-electron chi connectivity index (χ4n) is 1.77. The molecule has 0 bridgehead atoms. The zero-order chi connectivity index (χ0) is 15.0. The highest BCUT2D eigenvalue weighted by atomic mass is 32.2. The van der Waals surface area contributed by atoms with Crippen LogP contribution in [0.15, 0.2) is 24.3 Å². The highest BCUT2D eigenvalue weighted by Crippen LogP contribution is 2.16. The number of hydrogen-bond acceptors (Lipinski definition) is 3. The molecule has 0 saturated heterocycles. The fraction of sp³-hybridized carbons (Fsp3) is 0.533. The van der Waals surface area contributed by atoms with Crippen LogP contribution in [0.4, 0.5) is 10.5 Å². The van der Waals surface area contributed by atoms with Gasteiger partial charge in [-0.05, 0) is 43.7 Å². The monoisotopic (exact) mass is 296 g/mol. The summed E-state index contributed by atoms with van der Waals surface area (Å²) in [7, 11) is 0. The average Bonchev–Trinajstić information content (AvgIpc) is 2.35. The van der Waals surface area contributed by atoms with Crippen molar-refractivity contribution in [2.45, 2.75) is 38.5 Å². The molecule has 0 aliphatic carbocycles. The predicted molar refractivity (Wildman–Crippen MR) is 86.2 cm³/mol. The SMILES string of the molecule is CCSCc1cccc(NC(=O)NC(C)(C)CCO)c1. The van der Waals surface area contributed by atoms with Gasteiger partial charge in [0.2, 0.25) is 0 Å². The largest absolute Gasteiger partial charge is 0.396 e. The van der Waals surface area contributed by atoms with Crippen molar-refractivity contribution in [1.29, 1.82) is 0 Å². The second-order valence-electron chi connectivity index (χ2n) is 5.27. The second kappa shape index (κ2) is 8.17. The highest BCUT2D eigenvalue weighted by Gasteiger charge is 2.19. The molecular formula is C15H24N2O2S. The summed E-state index contributed by atoms with van der Waals surface area (Å²) in [5.74, 6) is 2.02. The molecule has 0 radical (unpaired) electrons. The average molecular weight is 296 g/mol. The van der Waals surface area contributed by atoms with E-state index in [-0.39, 0.29) is 12.6 Å². The lowest BCUT2D eigenvalue weighted by atomic mass is 10.0. The Bertz CT molecular complexity index is 436. The van der Waals surface area contributed by atoms with E-state index in [4.69, 9.17) is 5.11 Å². The van der Waals surface area contributed by atoms with E-state index in [0.29, 0.717) is 6.42 Å². The van der Waals surface area contributed by atoms with Gasteiger partial charge in [0.05, 0.1) is 0 Å². The van der Waals surface area contributed by atoms with E-state index >= 15 is 0 Å². The Hall–Kier alpha value is -1.20. The number of aliphatic hydroxyl groups excluding tert-OH is 1. The summed E-state index contributed by atoms with van der Waals surface area (Å²) in [5, 5.41) is 14.6. The summed E-state index contributed by atoms with van der Waals surface area (Å²) in [6, 6.07) is 7.62. The number of hydrogen-bond donors (Lipinski definition) is 3. The number of thioether (sulfide) groups is 1. The Morgan fingerprint density at radius 2 is 2.15 bits per heavy atom. The molecule has 1 aromatic rings. The molecule has 112 valence electrons. The van der Waals surface area contributed by atoms with Gasteiger partial charge in [-0.15, -0.1) is 0 Å². The number of aliphatic hydroxyl groups is 1. The third-order valence-electron chi connectivity index (χ3n) is 2.85. The standard InChI is InChI=1S/C15H24N2O2S/c1-4-20-11-12-6-5-7-13(10-12)16-14(19)17-15(2,3)8-9-18/h5-7,10,18H,4,8-9,11H2,1-3H3,(H2,16,17,19). The quantitative estimate of drug-likeness (QED) is 0.724. The van der Waals surface area contributed by atoms with Crippen LogP contribution in [0, 0.1) is 0 Å². The van der Waals surface area contributed by atoms with Crippen LogP contribution in [0.1, 0.15) is 32.8 Å². The molecule has 0 aliphatic heterocycles. The Balaban J connectivity index is 2.57. The third-order valence-corrected chi connectivity index (χ3v) is 3.79. The number of carbonyl (C=O) groups excluding carboxylic acids is 1. The molecule has 1 rings (SSSR count). The van der Waals surface area contributed by atoms with Gasteiger partial charge in [-0.25, -0.2) is 4.79 Å². The van der Waals surface area contributed by atoms with Gasteiger partial charge in [0.15, 0.2) is 0 Å². The van der Waals surface area contributed by atoms with Gasteiger partial charge >= 0.3 is 6.03 Å². The molecule has 1 aromatic carbocycles. The number of anilines is 1. The van der Waals surface area contributed by atoms with Crippen LogP contribution in [0.3, 0.4) is 0 Å². The summed E-state index contributed by atoms with van der Waals surface area (Å²) in [5.41, 5.74) is 1.56. The van der Waals surface area contributed by atoms with Crippen molar-refractivity contribution >= 4 is 23.5 Å². The summed E-state index contributed by atoms with van der Waals surface area (Å²) in [6.45, 7) is 5.95. The molecule has 20 heavy (non-hydrogen) atoms. The molecule has 0 heterocycles. The van der Waals surface area contributed by atoms with E-state index in [2.05, 4.69) is 23.6 Å². The van der Waals surface area contributed by atoms with Crippen LogP contribution in [0.2, 0.25) is 0 Å². The van der Waals surface area contributed by atoms with Gasteiger partial charge < -0.3 is 15.7 Å². The Labute approximate surface area is 125 Å². The van der Waals surface area contributed by atoms with Gasteiger partial charge in [-0.2, -0.15) is 11.8 Å². The van der Waals surface area contributed by atoms with E-state index in [1.807, 2.05) is 43.8 Å². The van der Waals surface area contributed by atoms with Crippen LogP contribution in [0.25, 0.3) is 0 Å². The molecule has 4 nitrogen and oxygen atoms in total. The van der Waals surface area contributed by atoms with E-state index in [1.165, 1.54) is 5.56 Å². The van der Waals surface area contributed by atoms with E-state index in [1.54, 1.807) is 0 Å². The number of rotatable bonds is 7. The summed E-state index contributed by atoms with van der Waals surface area (Å²) < 4.78 is 0. The molecule has 0 spiro atoms. The first-order chi connectivity index (χ1) is 9.46. The minimum Gasteiger partial charge on any atom is -0.396 e. The minimum atomic E-state index is -0.422. The number of nitrogens with one attached hydrogen (secondary N) is 2. The lowest BCUT2D eigenvalue weighted by Crippen LogP contribution is -2.46. The summed E-state index contributed by atoms with van der Waals surface area (Å²) >= 11 is 1.85. The predicted octanol–water partition coefficient (Wildman–Crippen LogP) is 3.22. The van der Waals surface area contributed by atoms with Gasteiger partial charge in [-0.3, -0.25) is 0 Å². The maximum atomic E-state index is 11.9. The molecule has 5 heteroatoms. The van der Waals surface area contributed by atoms with Crippen LogP contribution in [-0.4, -0.2) is 29.0 Å². The van der Waals surface area contributed by atoms with Crippen molar-refractivity contribution < 1.29 is 9.90 Å². The van der Waals surface area contributed by atoms with Gasteiger partial charge in [0, 0.05) is 23.6 Å². The molecular weight excluding hydrogens is 272 g/mol. The minimum absolute atomic E-state index is 0.0526. The molecule has 3 N–H and O–H groups in total. The molecule has 0 aromatic heterocycles. The van der Waals surface area contributed by atoms with Crippen LogP contribution >= 0.6 is 11.8 Å². The van der Waals surface area contributed by atoms with Gasteiger partial charge in [-0.1, -0.05) is 19.1 Å². The first kappa shape index (κ1) is 16.9.